The molecule has 3 aromatic rings. The molecule has 0 aliphatic rings. The summed E-state index contributed by atoms with van der Waals surface area (Å²) in [4.78, 5) is 0. The molecule has 2 aromatic carbocycles. The fourth-order valence-corrected chi connectivity index (χ4v) is 2.57. The summed E-state index contributed by atoms with van der Waals surface area (Å²) >= 11 is 3.53. The van der Waals surface area contributed by atoms with Gasteiger partial charge in [-0.1, -0.05) is 34.1 Å². The number of para-hydroxylation sites is 1. The number of nitrogens with zero attached hydrogens (tertiary/aromatic N) is 4. The van der Waals surface area contributed by atoms with E-state index >= 15 is 0 Å². The highest BCUT2D eigenvalue weighted by Crippen LogP contribution is 2.29. The Kier molecular flexibility index (Phi) is 3.47. The molecular formula is C15H14BrN5. The number of tetrazole rings is 1. The minimum Gasteiger partial charge on any atom is -0.398 e. The van der Waals surface area contributed by atoms with Gasteiger partial charge < -0.3 is 5.73 Å². The van der Waals surface area contributed by atoms with Gasteiger partial charge in [0.1, 0.15) is 0 Å². The van der Waals surface area contributed by atoms with Gasteiger partial charge in [0, 0.05) is 15.7 Å². The number of halogens is 1. The molecule has 21 heavy (non-hydrogen) atoms. The summed E-state index contributed by atoms with van der Waals surface area (Å²) in [7, 11) is 0. The number of nitrogens with two attached hydrogens (primary N) is 1. The van der Waals surface area contributed by atoms with Gasteiger partial charge in [-0.2, -0.15) is 4.68 Å². The van der Waals surface area contributed by atoms with Gasteiger partial charge in [0.05, 0.1) is 5.69 Å². The molecule has 0 bridgehead atoms. The van der Waals surface area contributed by atoms with Crippen molar-refractivity contribution < 1.29 is 0 Å². The number of aryl methyl sites for hydroxylation is 1. The Labute approximate surface area is 130 Å². The van der Waals surface area contributed by atoms with Crippen molar-refractivity contribution in [3.63, 3.8) is 0 Å². The molecular weight excluding hydrogens is 330 g/mol. The van der Waals surface area contributed by atoms with E-state index in [1.165, 1.54) is 0 Å². The molecule has 5 nitrogen and oxygen atoms in total. The van der Waals surface area contributed by atoms with Crippen LogP contribution in [0.1, 0.15) is 11.1 Å². The highest BCUT2D eigenvalue weighted by Gasteiger charge is 2.16. The average molecular weight is 344 g/mol. The van der Waals surface area contributed by atoms with E-state index in [4.69, 9.17) is 5.73 Å². The van der Waals surface area contributed by atoms with E-state index in [1.54, 1.807) is 4.68 Å². The first-order chi connectivity index (χ1) is 10.1. The van der Waals surface area contributed by atoms with Gasteiger partial charge in [-0.05, 0) is 53.6 Å². The van der Waals surface area contributed by atoms with Crippen molar-refractivity contribution >= 4 is 21.6 Å². The Morgan fingerprint density at radius 2 is 1.86 bits per heavy atom. The van der Waals surface area contributed by atoms with E-state index in [-0.39, 0.29) is 0 Å². The van der Waals surface area contributed by atoms with Crippen molar-refractivity contribution in [3.8, 4) is 17.1 Å². The van der Waals surface area contributed by atoms with Crippen LogP contribution in [0.2, 0.25) is 0 Å². The summed E-state index contributed by atoms with van der Waals surface area (Å²) in [5, 5.41) is 12.1. The van der Waals surface area contributed by atoms with Crippen LogP contribution >= 0.6 is 15.9 Å². The molecule has 0 unspecified atom stereocenters. The molecule has 0 saturated carbocycles. The Balaban J connectivity index is 2.22. The molecule has 1 heterocycles. The fourth-order valence-electron chi connectivity index (χ4n) is 2.22. The average Bonchev–Trinajstić information content (AvgIpc) is 2.94. The zero-order chi connectivity index (χ0) is 15.0. The Bertz CT molecular complexity index is 744. The first-order valence-corrected chi connectivity index (χ1v) is 7.28. The van der Waals surface area contributed by atoms with Crippen molar-refractivity contribution in [2.45, 2.75) is 13.8 Å². The van der Waals surface area contributed by atoms with E-state index in [0.29, 0.717) is 11.5 Å². The Hall–Kier alpha value is -2.21. The number of anilines is 1. The predicted octanol–water partition coefficient (Wildman–Crippen LogP) is 3.29. The predicted molar refractivity (Wildman–Crippen MR) is 86.2 cm³/mol. The quantitative estimate of drug-likeness (QED) is 0.725. The summed E-state index contributed by atoms with van der Waals surface area (Å²) in [6.07, 6.45) is 0. The molecule has 3 rings (SSSR count). The lowest BCUT2D eigenvalue weighted by Crippen LogP contribution is -2.04. The smallest absolute Gasteiger partial charge is 0.189 e. The van der Waals surface area contributed by atoms with Crippen LogP contribution in [0.4, 0.5) is 5.69 Å². The van der Waals surface area contributed by atoms with Crippen LogP contribution in [0.15, 0.2) is 40.9 Å². The largest absolute Gasteiger partial charge is 0.398 e. The molecule has 106 valence electrons. The van der Waals surface area contributed by atoms with Crippen LogP contribution in [0.5, 0.6) is 0 Å². The molecule has 0 spiro atoms. The van der Waals surface area contributed by atoms with Crippen LogP contribution < -0.4 is 5.73 Å². The van der Waals surface area contributed by atoms with Gasteiger partial charge in [-0.25, -0.2) is 0 Å². The van der Waals surface area contributed by atoms with Crippen LogP contribution in [0, 0.1) is 13.8 Å². The maximum atomic E-state index is 6.17. The molecule has 1 aromatic heterocycles. The molecule has 0 atom stereocenters. The maximum Gasteiger partial charge on any atom is 0.189 e. The van der Waals surface area contributed by atoms with Crippen LogP contribution in [0.3, 0.4) is 0 Å². The minimum absolute atomic E-state index is 0.636. The number of aromatic nitrogens is 4. The minimum atomic E-state index is 0.636. The van der Waals surface area contributed by atoms with Gasteiger partial charge in [0.2, 0.25) is 0 Å². The van der Waals surface area contributed by atoms with Crippen molar-refractivity contribution in [1.82, 2.24) is 20.2 Å². The van der Waals surface area contributed by atoms with Crippen molar-refractivity contribution in [2.75, 3.05) is 5.73 Å². The topological polar surface area (TPSA) is 69.6 Å². The van der Waals surface area contributed by atoms with Gasteiger partial charge in [0.25, 0.3) is 0 Å². The van der Waals surface area contributed by atoms with E-state index in [1.807, 2.05) is 50.2 Å². The summed E-state index contributed by atoms with van der Waals surface area (Å²) in [5.41, 5.74) is 10.7. The summed E-state index contributed by atoms with van der Waals surface area (Å²) < 4.78 is 2.73. The third kappa shape index (κ3) is 2.31. The monoisotopic (exact) mass is 343 g/mol. The van der Waals surface area contributed by atoms with Crippen LogP contribution in [-0.4, -0.2) is 20.2 Å². The van der Waals surface area contributed by atoms with Crippen molar-refractivity contribution in [3.05, 3.63) is 52.0 Å². The number of nitrogen functional groups attached to an aromatic ring is 1. The summed E-state index contributed by atoms with van der Waals surface area (Å²) in [6, 6.07) is 11.8. The third-order valence-corrected chi connectivity index (χ3v) is 4.36. The van der Waals surface area contributed by atoms with E-state index in [0.717, 1.165) is 26.9 Å². The maximum absolute atomic E-state index is 6.17. The second-order valence-electron chi connectivity index (χ2n) is 4.83. The molecule has 6 heteroatoms. The van der Waals surface area contributed by atoms with Gasteiger partial charge in [-0.3, -0.25) is 0 Å². The second-order valence-corrected chi connectivity index (χ2v) is 5.69. The zero-order valence-corrected chi connectivity index (χ0v) is 13.3. The normalized spacial score (nSPS) is 10.8. The molecule has 0 radical (unpaired) electrons. The molecule has 2 N–H and O–H groups in total. The molecule has 0 aliphatic carbocycles. The SMILES string of the molecule is Cc1cccc(-c2nnnn2-c2cccc(Br)c2C)c1N. The van der Waals surface area contributed by atoms with E-state index in [9.17, 15) is 0 Å². The lowest BCUT2D eigenvalue weighted by molar-refractivity contribution is 0.787. The molecule has 0 amide bonds. The van der Waals surface area contributed by atoms with Crippen molar-refractivity contribution in [1.29, 1.82) is 0 Å². The molecule has 0 fully saturated rings. The lowest BCUT2D eigenvalue weighted by atomic mass is 10.1. The second kappa shape index (κ2) is 5.29. The van der Waals surface area contributed by atoms with E-state index in [2.05, 4.69) is 31.5 Å². The van der Waals surface area contributed by atoms with Crippen LogP contribution in [0.25, 0.3) is 17.1 Å². The number of benzene rings is 2. The summed E-state index contributed by atoms with van der Waals surface area (Å²) in [6.45, 7) is 3.99. The number of rotatable bonds is 2. The Morgan fingerprint density at radius 1 is 1.10 bits per heavy atom. The van der Waals surface area contributed by atoms with Gasteiger partial charge >= 0.3 is 0 Å². The molecule has 0 aliphatic heterocycles. The van der Waals surface area contributed by atoms with Gasteiger partial charge in [-0.15, -0.1) is 5.10 Å². The highest BCUT2D eigenvalue weighted by molar-refractivity contribution is 9.10. The Morgan fingerprint density at radius 3 is 2.67 bits per heavy atom. The van der Waals surface area contributed by atoms with Crippen LogP contribution in [-0.2, 0) is 0 Å². The number of hydrogen-bond acceptors (Lipinski definition) is 4. The zero-order valence-electron chi connectivity index (χ0n) is 11.7. The first-order valence-electron chi connectivity index (χ1n) is 6.49. The standard InChI is InChI=1S/C15H14BrN5/c1-9-5-3-6-11(14(9)17)15-18-19-20-21(15)13-8-4-7-12(16)10(13)2/h3-8H,17H2,1-2H3. The first kappa shape index (κ1) is 13.8. The lowest BCUT2D eigenvalue weighted by Gasteiger charge is -2.11. The fraction of sp³-hybridized carbons (Fsp3) is 0.133. The molecule has 0 saturated heterocycles. The summed E-state index contributed by atoms with van der Waals surface area (Å²) in [5.74, 6) is 0.636. The van der Waals surface area contributed by atoms with Gasteiger partial charge in [0.15, 0.2) is 5.82 Å². The van der Waals surface area contributed by atoms with Crippen molar-refractivity contribution in [2.24, 2.45) is 0 Å². The number of hydrogen-bond donors (Lipinski definition) is 1. The highest BCUT2D eigenvalue weighted by atomic mass is 79.9. The third-order valence-electron chi connectivity index (χ3n) is 3.50. The van der Waals surface area contributed by atoms with E-state index < -0.39 is 0 Å².